The predicted molar refractivity (Wildman–Crippen MR) is 85.2 cm³/mol. The summed E-state index contributed by atoms with van der Waals surface area (Å²) in [4.78, 5) is 34.5. The first kappa shape index (κ1) is 16.3. The summed E-state index contributed by atoms with van der Waals surface area (Å²) < 4.78 is 0. The molecule has 0 fully saturated rings. The van der Waals surface area contributed by atoms with Crippen molar-refractivity contribution in [3.63, 3.8) is 0 Å². The lowest BCUT2D eigenvalue weighted by Crippen LogP contribution is -2.38. The molecule has 1 aromatic carbocycles. The number of hydrazine groups is 1. The van der Waals surface area contributed by atoms with Gasteiger partial charge in [0.2, 0.25) is 0 Å². The SMILES string of the molecule is NNC(=O)C(=Cc1cccc([N+](=O)[O-])c1)NC(=O)c1cccs1. The second kappa shape index (κ2) is 7.29. The van der Waals surface area contributed by atoms with Crippen molar-refractivity contribution >= 4 is 34.9 Å². The Bertz CT molecular complexity index is 771. The molecule has 1 heterocycles. The van der Waals surface area contributed by atoms with Gasteiger partial charge in [0.05, 0.1) is 9.80 Å². The lowest BCUT2D eigenvalue weighted by Gasteiger charge is -2.07. The number of hydrogen-bond acceptors (Lipinski definition) is 6. The Labute approximate surface area is 134 Å². The number of benzene rings is 1. The lowest BCUT2D eigenvalue weighted by atomic mass is 10.1. The molecule has 0 atom stereocenters. The van der Waals surface area contributed by atoms with E-state index in [1.165, 1.54) is 35.6 Å². The second-order valence-electron chi connectivity index (χ2n) is 4.31. The quantitative estimate of drug-likeness (QED) is 0.251. The van der Waals surface area contributed by atoms with E-state index >= 15 is 0 Å². The van der Waals surface area contributed by atoms with E-state index in [0.29, 0.717) is 10.4 Å². The summed E-state index contributed by atoms with van der Waals surface area (Å²) >= 11 is 1.21. The van der Waals surface area contributed by atoms with Crippen LogP contribution in [0.2, 0.25) is 0 Å². The summed E-state index contributed by atoms with van der Waals surface area (Å²) in [6.07, 6.45) is 1.31. The van der Waals surface area contributed by atoms with E-state index in [1.807, 2.05) is 5.43 Å². The van der Waals surface area contributed by atoms with E-state index in [1.54, 1.807) is 23.6 Å². The minimum Gasteiger partial charge on any atom is -0.317 e. The molecule has 23 heavy (non-hydrogen) atoms. The molecule has 8 nitrogen and oxygen atoms in total. The molecular formula is C14H12N4O4S. The average Bonchev–Trinajstić information content (AvgIpc) is 3.08. The maximum Gasteiger partial charge on any atom is 0.281 e. The van der Waals surface area contributed by atoms with Gasteiger partial charge in [-0.3, -0.25) is 25.1 Å². The van der Waals surface area contributed by atoms with Crippen LogP contribution in [0.4, 0.5) is 5.69 Å². The molecule has 2 amide bonds. The zero-order chi connectivity index (χ0) is 16.8. The van der Waals surface area contributed by atoms with E-state index < -0.39 is 16.7 Å². The van der Waals surface area contributed by atoms with Crippen LogP contribution in [-0.4, -0.2) is 16.7 Å². The first-order chi connectivity index (χ1) is 11.0. The lowest BCUT2D eigenvalue weighted by molar-refractivity contribution is -0.384. The number of nitro groups is 1. The first-order valence-electron chi connectivity index (χ1n) is 6.33. The van der Waals surface area contributed by atoms with Gasteiger partial charge in [0, 0.05) is 12.1 Å². The maximum absolute atomic E-state index is 12.0. The van der Waals surface area contributed by atoms with Gasteiger partial charge in [0.1, 0.15) is 5.70 Å². The van der Waals surface area contributed by atoms with E-state index in [4.69, 9.17) is 5.84 Å². The molecule has 0 saturated carbocycles. The number of thiophene rings is 1. The van der Waals surface area contributed by atoms with Gasteiger partial charge in [0.25, 0.3) is 17.5 Å². The van der Waals surface area contributed by atoms with Crippen molar-refractivity contribution in [2.75, 3.05) is 0 Å². The Morgan fingerprint density at radius 3 is 2.65 bits per heavy atom. The molecule has 0 bridgehead atoms. The third-order valence-electron chi connectivity index (χ3n) is 2.76. The topological polar surface area (TPSA) is 127 Å². The maximum atomic E-state index is 12.0. The predicted octanol–water partition coefficient (Wildman–Crippen LogP) is 1.42. The minimum absolute atomic E-state index is 0.119. The molecular weight excluding hydrogens is 320 g/mol. The smallest absolute Gasteiger partial charge is 0.281 e. The molecule has 0 spiro atoms. The highest BCUT2D eigenvalue weighted by molar-refractivity contribution is 7.12. The standard InChI is InChI=1S/C14H12N4O4S/c15-17-13(19)11(16-14(20)12-5-2-6-23-12)8-9-3-1-4-10(7-9)18(21)22/h1-8H,15H2,(H,16,20)(H,17,19). The van der Waals surface area contributed by atoms with Crippen LogP contribution in [0.5, 0.6) is 0 Å². The summed E-state index contributed by atoms with van der Waals surface area (Å²) in [5, 5.41) is 14.9. The Morgan fingerprint density at radius 2 is 2.04 bits per heavy atom. The molecule has 0 unspecified atom stereocenters. The van der Waals surface area contributed by atoms with Gasteiger partial charge in [0.15, 0.2) is 0 Å². The van der Waals surface area contributed by atoms with Crippen LogP contribution >= 0.6 is 11.3 Å². The fourth-order valence-corrected chi connectivity index (χ4v) is 2.34. The van der Waals surface area contributed by atoms with Crippen LogP contribution in [-0.2, 0) is 4.79 Å². The van der Waals surface area contributed by atoms with E-state index in [0.717, 1.165) is 0 Å². The molecule has 0 aliphatic carbocycles. The fourth-order valence-electron chi connectivity index (χ4n) is 1.72. The second-order valence-corrected chi connectivity index (χ2v) is 5.26. The van der Waals surface area contributed by atoms with Crippen molar-refractivity contribution in [3.05, 3.63) is 68.0 Å². The third-order valence-corrected chi connectivity index (χ3v) is 3.63. The van der Waals surface area contributed by atoms with Crippen LogP contribution in [0, 0.1) is 10.1 Å². The number of carbonyl (C=O) groups excluding carboxylic acids is 2. The normalized spacial score (nSPS) is 10.9. The van der Waals surface area contributed by atoms with Gasteiger partial charge in [-0.2, -0.15) is 0 Å². The number of non-ortho nitro benzene ring substituents is 1. The van der Waals surface area contributed by atoms with E-state index in [9.17, 15) is 19.7 Å². The monoisotopic (exact) mass is 332 g/mol. The number of nitrogens with zero attached hydrogens (tertiary/aromatic N) is 1. The molecule has 0 radical (unpaired) electrons. The number of nitro benzene ring substituents is 1. The number of amides is 2. The average molecular weight is 332 g/mol. The zero-order valence-electron chi connectivity index (χ0n) is 11.7. The number of nitrogens with two attached hydrogens (primary N) is 1. The number of carbonyl (C=O) groups is 2. The minimum atomic E-state index is -0.721. The Kier molecular flexibility index (Phi) is 5.18. The Morgan fingerprint density at radius 1 is 1.26 bits per heavy atom. The van der Waals surface area contributed by atoms with Crippen LogP contribution in [0.1, 0.15) is 15.2 Å². The molecule has 2 rings (SSSR count). The van der Waals surface area contributed by atoms with Crippen molar-refractivity contribution < 1.29 is 14.5 Å². The largest absolute Gasteiger partial charge is 0.317 e. The van der Waals surface area contributed by atoms with Crippen molar-refractivity contribution in [1.29, 1.82) is 0 Å². The summed E-state index contributed by atoms with van der Waals surface area (Å²) in [7, 11) is 0. The molecule has 4 N–H and O–H groups in total. The summed E-state index contributed by atoms with van der Waals surface area (Å²) in [6, 6.07) is 8.94. The highest BCUT2D eigenvalue weighted by atomic mass is 32.1. The van der Waals surface area contributed by atoms with Crippen LogP contribution in [0.25, 0.3) is 6.08 Å². The van der Waals surface area contributed by atoms with Crippen molar-refractivity contribution in [2.45, 2.75) is 0 Å². The van der Waals surface area contributed by atoms with Gasteiger partial charge in [-0.15, -0.1) is 11.3 Å². The van der Waals surface area contributed by atoms with E-state index in [2.05, 4.69) is 5.32 Å². The molecule has 0 aliphatic rings. The number of rotatable bonds is 5. The highest BCUT2D eigenvalue weighted by Gasteiger charge is 2.15. The Balaban J connectivity index is 2.31. The van der Waals surface area contributed by atoms with Gasteiger partial charge in [-0.25, -0.2) is 5.84 Å². The van der Waals surface area contributed by atoms with Gasteiger partial charge >= 0.3 is 0 Å². The van der Waals surface area contributed by atoms with Gasteiger partial charge < -0.3 is 5.32 Å². The molecule has 118 valence electrons. The third kappa shape index (κ3) is 4.22. The molecule has 0 aliphatic heterocycles. The summed E-state index contributed by atoms with van der Waals surface area (Å²) in [5.41, 5.74) is 2.05. The van der Waals surface area contributed by atoms with Crippen LogP contribution in [0.3, 0.4) is 0 Å². The Hall–Kier alpha value is -3.04. The highest BCUT2D eigenvalue weighted by Crippen LogP contribution is 2.16. The first-order valence-corrected chi connectivity index (χ1v) is 7.21. The van der Waals surface area contributed by atoms with Crippen LogP contribution < -0.4 is 16.6 Å². The fraction of sp³-hybridized carbons (Fsp3) is 0. The van der Waals surface area contributed by atoms with Gasteiger partial charge in [-0.05, 0) is 23.1 Å². The van der Waals surface area contributed by atoms with Crippen molar-refractivity contribution in [2.24, 2.45) is 5.84 Å². The zero-order valence-corrected chi connectivity index (χ0v) is 12.5. The molecule has 1 aromatic heterocycles. The molecule has 9 heteroatoms. The summed E-state index contributed by atoms with van der Waals surface area (Å²) in [6.45, 7) is 0. The molecule has 0 saturated heterocycles. The van der Waals surface area contributed by atoms with Crippen LogP contribution in [0.15, 0.2) is 47.5 Å². The van der Waals surface area contributed by atoms with Gasteiger partial charge in [-0.1, -0.05) is 18.2 Å². The van der Waals surface area contributed by atoms with E-state index in [-0.39, 0.29) is 11.4 Å². The number of nitrogens with one attached hydrogen (secondary N) is 2. The number of hydrogen-bond donors (Lipinski definition) is 3. The van der Waals surface area contributed by atoms with Crippen molar-refractivity contribution in [3.8, 4) is 0 Å². The summed E-state index contributed by atoms with van der Waals surface area (Å²) in [5.74, 6) is 3.91. The van der Waals surface area contributed by atoms with Crippen molar-refractivity contribution in [1.82, 2.24) is 10.7 Å². The molecule has 2 aromatic rings.